The van der Waals surface area contributed by atoms with E-state index in [9.17, 15) is 0 Å². The molecule has 50 valence electrons. The molecule has 0 aliphatic rings. The Balaban J connectivity index is 3.31. The second-order valence-electron chi connectivity index (χ2n) is 1.75. The van der Waals surface area contributed by atoms with Gasteiger partial charge in [0.1, 0.15) is 6.07 Å². The molecule has 0 saturated heterocycles. The Morgan fingerprint density at radius 2 is 2.20 bits per heavy atom. The lowest BCUT2D eigenvalue weighted by molar-refractivity contribution is 1.38. The standard InChI is InChI=1S/C7H4ClNS/c8-6-3-1-2-5(4-9)7(6)10/h1-3,10H. The van der Waals surface area contributed by atoms with Gasteiger partial charge in [-0.15, -0.1) is 12.6 Å². The first-order chi connectivity index (χ1) is 4.75. The van der Waals surface area contributed by atoms with Crippen molar-refractivity contribution in [3.63, 3.8) is 0 Å². The molecule has 0 aliphatic heterocycles. The Morgan fingerprint density at radius 1 is 1.50 bits per heavy atom. The van der Waals surface area contributed by atoms with E-state index < -0.39 is 0 Å². The molecule has 0 spiro atoms. The number of nitrogens with zero attached hydrogens (tertiary/aromatic N) is 1. The fraction of sp³-hybridized carbons (Fsp3) is 0. The first-order valence-corrected chi connectivity index (χ1v) is 3.46. The van der Waals surface area contributed by atoms with Gasteiger partial charge in [0.2, 0.25) is 0 Å². The molecule has 1 nitrogen and oxygen atoms in total. The van der Waals surface area contributed by atoms with Crippen LogP contribution in [0.2, 0.25) is 5.02 Å². The molecule has 0 radical (unpaired) electrons. The molecule has 1 aromatic rings. The molecule has 0 aromatic heterocycles. The Bertz CT molecular complexity index is 290. The summed E-state index contributed by atoms with van der Waals surface area (Å²) in [5.74, 6) is 0. The number of thiol groups is 1. The van der Waals surface area contributed by atoms with Crippen LogP contribution in [0.5, 0.6) is 0 Å². The highest BCUT2D eigenvalue weighted by Crippen LogP contribution is 2.22. The lowest BCUT2D eigenvalue weighted by Gasteiger charge is -1.95. The summed E-state index contributed by atoms with van der Waals surface area (Å²) in [4.78, 5) is 0.548. The van der Waals surface area contributed by atoms with Crippen LogP contribution in [0.15, 0.2) is 23.1 Å². The van der Waals surface area contributed by atoms with Crippen LogP contribution in [0.3, 0.4) is 0 Å². The van der Waals surface area contributed by atoms with E-state index in [1.54, 1.807) is 18.2 Å². The molecular weight excluding hydrogens is 166 g/mol. The van der Waals surface area contributed by atoms with Crippen LogP contribution in [0.1, 0.15) is 5.56 Å². The van der Waals surface area contributed by atoms with Gasteiger partial charge in [0, 0.05) is 4.90 Å². The van der Waals surface area contributed by atoms with Gasteiger partial charge in [-0.05, 0) is 12.1 Å². The van der Waals surface area contributed by atoms with Crippen LogP contribution in [-0.4, -0.2) is 0 Å². The van der Waals surface area contributed by atoms with E-state index in [2.05, 4.69) is 12.6 Å². The van der Waals surface area contributed by atoms with E-state index in [0.717, 1.165) is 0 Å². The molecule has 0 heterocycles. The third-order valence-corrected chi connectivity index (χ3v) is 2.04. The minimum Gasteiger partial charge on any atom is -0.192 e. The number of hydrogen-bond donors (Lipinski definition) is 1. The second-order valence-corrected chi connectivity index (χ2v) is 2.60. The Kier molecular flexibility index (Phi) is 2.21. The van der Waals surface area contributed by atoms with E-state index in [4.69, 9.17) is 16.9 Å². The number of benzene rings is 1. The quantitative estimate of drug-likeness (QED) is 0.593. The fourth-order valence-corrected chi connectivity index (χ4v) is 0.979. The van der Waals surface area contributed by atoms with Crippen LogP contribution in [0, 0.1) is 11.3 Å². The predicted octanol–water partition coefficient (Wildman–Crippen LogP) is 2.50. The number of nitriles is 1. The van der Waals surface area contributed by atoms with Crippen LogP contribution in [0.25, 0.3) is 0 Å². The van der Waals surface area contributed by atoms with Crippen molar-refractivity contribution in [2.45, 2.75) is 4.90 Å². The average molecular weight is 170 g/mol. The Morgan fingerprint density at radius 3 is 2.70 bits per heavy atom. The molecule has 3 heteroatoms. The van der Waals surface area contributed by atoms with E-state index in [1.165, 1.54) is 0 Å². The third kappa shape index (κ3) is 1.26. The summed E-state index contributed by atoms with van der Waals surface area (Å²) in [6.45, 7) is 0. The SMILES string of the molecule is N#Cc1cccc(Cl)c1S. The molecule has 0 atom stereocenters. The lowest BCUT2D eigenvalue weighted by Crippen LogP contribution is -1.76. The molecule has 0 N–H and O–H groups in total. The zero-order chi connectivity index (χ0) is 7.56. The number of halogens is 1. The zero-order valence-electron chi connectivity index (χ0n) is 5.00. The molecule has 1 aromatic carbocycles. The van der Waals surface area contributed by atoms with Crippen LogP contribution >= 0.6 is 24.2 Å². The van der Waals surface area contributed by atoms with Gasteiger partial charge >= 0.3 is 0 Å². The highest BCUT2D eigenvalue weighted by molar-refractivity contribution is 7.80. The van der Waals surface area contributed by atoms with Gasteiger partial charge in [0.05, 0.1) is 10.6 Å². The monoisotopic (exact) mass is 169 g/mol. The van der Waals surface area contributed by atoms with Crippen molar-refractivity contribution < 1.29 is 0 Å². The topological polar surface area (TPSA) is 23.8 Å². The number of rotatable bonds is 0. The maximum absolute atomic E-state index is 8.49. The van der Waals surface area contributed by atoms with Crippen LogP contribution < -0.4 is 0 Å². The first kappa shape index (κ1) is 7.46. The molecule has 1 rings (SSSR count). The summed E-state index contributed by atoms with van der Waals surface area (Å²) in [7, 11) is 0. The smallest absolute Gasteiger partial charge is 0.100 e. The number of hydrogen-bond acceptors (Lipinski definition) is 2. The maximum Gasteiger partial charge on any atom is 0.100 e. The van der Waals surface area contributed by atoms with Gasteiger partial charge in [0.25, 0.3) is 0 Å². The minimum atomic E-state index is 0.510. The van der Waals surface area contributed by atoms with Crippen LogP contribution in [-0.2, 0) is 0 Å². The molecule has 0 aliphatic carbocycles. The van der Waals surface area contributed by atoms with Crippen molar-refractivity contribution in [3.8, 4) is 6.07 Å². The largest absolute Gasteiger partial charge is 0.192 e. The highest BCUT2D eigenvalue weighted by Gasteiger charge is 1.99. The van der Waals surface area contributed by atoms with Gasteiger partial charge in [-0.3, -0.25) is 0 Å². The molecule has 0 bridgehead atoms. The van der Waals surface area contributed by atoms with Gasteiger partial charge in [0.15, 0.2) is 0 Å². The van der Waals surface area contributed by atoms with Crippen molar-refractivity contribution in [2.75, 3.05) is 0 Å². The Labute approximate surface area is 69.6 Å². The molecule has 0 fully saturated rings. The van der Waals surface area contributed by atoms with Gasteiger partial charge in [-0.1, -0.05) is 17.7 Å². The molecule has 10 heavy (non-hydrogen) atoms. The van der Waals surface area contributed by atoms with Crippen molar-refractivity contribution in [1.29, 1.82) is 5.26 Å². The molecular formula is C7H4ClNS. The molecule has 0 saturated carbocycles. The van der Waals surface area contributed by atoms with Crippen molar-refractivity contribution >= 4 is 24.2 Å². The van der Waals surface area contributed by atoms with Gasteiger partial charge in [-0.2, -0.15) is 5.26 Å². The summed E-state index contributed by atoms with van der Waals surface area (Å²) in [5, 5.41) is 9.00. The minimum absolute atomic E-state index is 0.510. The summed E-state index contributed by atoms with van der Waals surface area (Å²) < 4.78 is 0. The second kappa shape index (κ2) is 2.96. The van der Waals surface area contributed by atoms with E-state index >= 15 is 0 Å². The van der Waals surface area contributed by atoms with E-state index in [1.807, 2.05) is 6.07 Å². The summed E-state index contributed by atoms with van der Waals surface area (Å²) >= 11 is 9.70. The highest BCUT2D eigenvalue weighted by atomic mass is 35.5. The lowest BCUT2D eigenvalue weighted by atomic mass is 10.2. The van der Waals surface area contributed by atoms with Crippen molar-refractivity contribution in [3.05, 3.63) is 28.8 Å². The molecule has 0 unspecified atom stereocenters. The van der Waals surface area contributed by atoms with Gasteiger partial charge in [-0.25, -0.2) is 0 Å². The summed E-state index contributed by atoms with van der Waals surface area (Å²) in [6.07, 6.45) is 0. The third-order valence-electron chi connectivity index (χ3n) is 1.11. The maximum atomic E-state index is 8.49. The summed E-state index contributed by atoms with van der Waals surface area (Å²) in [6, 6.07) is 7.07. The normalized spacial score (nSPS) is 8.90. The molecule has 0 amide bonds. The van der Waals surface area contributed by atoms with Gasteiger partial charge < -0.3 is 0 Å². The van der Waals surface area contributed by atoms with Crippen molar-refractivity contribution in [1.82, 2.24) is 0 Å². The van der Waals surface area contributed by atoms with E-state index in [-0.39, 0.29) is 0 Å². The fourth-order valence-electron chi connectivity index (χ4n) is 0.606. The van der Waals surface area contributed by atoms with Crippen molar-refractivity contribution in [2.24, 2.45) is 0 Å². The Hall–Kier alpha value is -0.650. The predicted molar refractivity (Wildman–Crippen MR) is 43.4 cm³/mol. The van der Waals surface area contributed by atoms with Crippen LogP contribution in [0.4, 0.5) is 0 Å². The average Bonchev–Trinajstić information content (AvgIpc) is 1.95. The van der Waals surface area contributed by atoms with E-state index in [0.29, 0.717) is 15.5 Å². The first-order valence-electron chi connectivity index (χ1n) is 2.63. The summed E-state index contributed by atoms with van der Waals surface area (Å²) in [5.41, 5.74) is 0.510. The zero-order valence-corrected chi connectivity index (χ0v) is 6.65.